The Morgan fingerprint density at radius 2 is 2.27 bits per heavy atom. The number of carbonyl (C=O) groups is 2. The second-order valence-corrected chi connectivity index (χ2v) is 3.70. The molecule has 2 saturated carbocycles. The molecule has 76 valence electrons. The predicted molar refractivity (Wildman–Crippen MR) is 44.9 cm³/mol. The van der Waals surface area contributed by atoms with Crippen molar-refractivity contribution in [2.24, 2.45) is 11.8 Å². The van der Waals surface area contributed by atoms with Crippen LogP contribution in [0.5, 0.6) is 0 Å². The Bertz CT molecular complexity index is 334. The average molecular weight is 234 g/mol. The van der Waals surface area contributed by atoms with Crippen molar-refractivity contribution in [1.82, 2.24) is 0 Å². The van der Waals surface area contributed by atoms with Gasteiger partial charge in [-0.25, -0.2) is 4.79 Å². The Labute approximate surface area is 130 Å². The van der Waals surface area contributed by atoms with Crippen molar-refractivity contribution in [2.75, 3.05) is 6.61 Å². The molecular formula is C10H11KO4. The van der Waals surface area contributed by atoms with Gasteiger partial charge in [-0.1, -0.05) is 0 Å². The number of allylic oxidation sites excluding steroid dienone is 1. The first-order valence-electron chi connectivity index (χ1n) is 4.76. The fourth-order valence-corrected chi connectivity index (χ4v) is 1.91. The van der Waals surface area contributed by atoms with Crippen molar-refractivity contribution < 1.29 is 70.8 Å². The van der Waals surface area contributed by atoms with E-state index in [-0.39, 0.29) is 75.3 Å². The Balaban J connectivity index is 0.00000112. The zero-order valence-corrected chi connectivity index (χ0v) is 12.0. The van der Waals surface area contributed by atoms with Crippen LogP contribution in [0.15, 0.2) is 11.3 Å². The summed E-state index contributed by atoms with van der Waals surface area (Å²) < 4.78 is 4.55. The number of fused-ring (bicyclic) bond motifs is 1. The van der Waals surface area contributed by atoms with Gasteiger partial charge in [-0.2, -0.15) is 0 Å². The van der Waals surface area contributed by atoms with Crippen molar-refractivity contribution in [2.45, 2.75) is 19.8 Å². The standard InChI is InChI=1S/C10H12O4.K/c1-2-14-10(13)9(12)7-4-5-3-6(5)8(7)11;/h5-6,12H,2-4H2,1H3;/q;+1/p-1. The van der Waals surface area contributed by atoms with Crippen molar-refractivity contribution in [3.63, 3.8) is 0 Å². The summed E-state index contributed by atoms with van der Waals surface area (Å²) in [5, 5.41) is 11.4. The van der Waals surface area contributed by atoms with E-state index < -0.39 is 11.7 Å². The summed E-state index contributed by atoms with van der Waals surface area (Å²) in [6, 6.07) is 0. The molecule has 2 fully saturated rings. The Hall–Kier alpha value is 0.316. The van der Waals surface area contributed by atoms with Gasteiger partial charge in [-0.05, 0) is 37.0 Å². The number of Topliss-reactive ketones (excluding diaryl/α,β-unsaturated/α-hetero) is 1. The normalized spacial score (nSPS) is 30.3. The maximum absolute atomic E-state index is 11.4. The van der Waals surface area contributed by atoms with E-state index in [0.29, 0.717) is 12.3 Å². The minimum absolute atomic E-state index is 0. The Morgan fingerprint density at radius 1 is 1.60 bits per heavy atom. The summed E-state index contributed by atoms with van der Waals surface area (Å²) in [6.45, 7) is 1.79. The minimum atomic E-state index is -0.892. The van der Waals surface area contributed by atoms with Gasteiger partial charge in [-0.15, -0.1) is 0 Å². The molecule has 0 N–H and O–H groups in total. The van der Waals surface area contributed by atoms with Crippen molar-refractivity contribution in [1.29, 1.82) is 0 Å². The van der Waals surface area contributed by atoms with Crippen LogP contribution in [0.1, 0.15) is 19.8 Å². The van der Waals surface area contributed by atoms with Crippen LogP contribution in [0.3, 0.4) is 0 Å². The molecule has 0 aromatic carbocycles. The second kappa shape index (κ2) is 5.10. The minimum Gasteiger partial charge on any atom is -0.867 e. The van der Waals surface area contributed by atoms with Gasteiger partial charge in [0.1, 0.15) is 0 Å². The van der Waals surface area contributed by atoms with Gasteiger partial charge in [0, 0.05) is 5.92 Å². The third-order valence-corrected chi connectivity index (χ3v) is 2.76. The second-order valence-electron chi connectivity index (χ2n) is 3.70. The zero-order chi connectivity index (χ0) is 10.3. The first-order valence-corrected chi connectivity index (χ1v) is 4.76. The molecule has 2 rings (SSSR count). The van der Waals surface area contributed by atoms with E-state index in [9.17, 15) is 14.7 Å². The van der Waals surface area contributed by atoms with E-state index in [1.54, 1.807) is 6.92 Å². The molecule has 2 unspecified atom stereocenters. The third kappa shape index (κ3) is 2.53. The molecule has 0 radical (unpaired) electrons. The summed E-state index contributed by atoms with van der Waals surface area (Å²) in [5.41, 5.74) is 0.157. The van der Waals surface area contributed by atoms with Gasteiger partial charge >= 0.3 is 57.4 Å². The molecule has 0 saturated heterocycles. The number of carbonyl (C=O) groups excluding carboxylic acids is 2. The monoisotopic (exact) mass is 234 g/mol. The molecular weight excluding hydrogens is 223 g/mol. The Morgan fingerprint density at radius 3 is 2.73 bits per heavy atom. The summed E-state index contributed by atoms with van der Waals surface area (Å²) in [5.74, 6) is -1.39. The van der Waals surface area contributed by atoms with Crippen LogP contribution >= 0.6 is 0 Å². The largest absolute Gasteiger partial charge is 1.00 e. The first-order chi connectivity index (χ1) is 6.65. The van der Waals surface area contributed by atoms with Gasteiger partial charge in [0.05, 0.1) is 6.61 Å². The van der Waals surface area contributed by atoms with Gasteiger partial charge in [-0.3, -0.25) is 4.79 Å². The molecule has 0 spiro atoms. The quantitative estimate of drug-likeness (QED) is 0.218. The number of hydrogen-bond acceptors (Lipinski definition) is 4. The first kappa shape index (κ1) is 13.4. The summed E-state index contributed by atoms with van der Waals surface area (Å²) >= 11 is 0. The fourth-order valence-electron chi connectivity index (χ4n) is 1.91. The summed E-state index contributed by atoms with van der Waals surface area (Å²) in [4.78, 5) is 22.5. The summed E-state index contributed by atoms with van der Waals surface area (Å²) in [7, 11) is 0. The molecule has 2 aliphatic rings. The van der Waals surface area contributed by atoms with Crippen molar-refractivity contribution in [3.05, 3.63) is 11.3 Å². The molecule has 0 aromatic rings. The van der Waals surface area contributed by atoms with Crippen LogP contribution in [0.25, 0.3) is 0 Å². The SMILES string of the molecule is CCOC(=O)C([O-])=C1CC2CC2C1=O.[K+]. The van der Waals surface area contributed by atoms with Crippen LogP contribution in [0.4, 0.5) is 0 Å². The third-order valence-electron chi connectivity index (χ3n) is 2.76. The average Bonchev–Trinajstić information content (AvgIpc) is 2.86. The number of ether oxygens (including phenoxy) is 1. The van der Waals surface area contributed by atoms with E-state index in [1.807, 2.05) is 0 Å². The molecule has 2 aliphatic carbocycles. The number of ketones is 1. The molecule has 0 heterocycles. The number of hydrogen-bond donors (Lipinski definition) is 0. The topological polar surface area (TPSA) is 66.4 Å². The molecule has 2 atom stereocenters. The Kier molecular flexibility index (Phi) is 4.55. The van der Waals surface area contributed by atoms with Crippen molar-refractivity contribution in [3.8, 4) is 0 Å². The summed E-state index contributed by atoms with van der Waals surface area (Å²) in [6.07, 6.45) is 1.36. The molecule has 15 heavy (non-hydrogen) atoms. The van der Waals surface area contributed by atoms with Gasteiger partial charge < -0.3 is 9.84 Å². The van der Waals surface area contributed by atoms with E-state index in [1.165, 1.54) is 0 Å². The van der Waals surface area contributed by atoms with E-state index >= 15 is 0 Å². The zero-order valence-electron chi connectivity index (χ0n) is 8.91. The molecule has 5 heteroatoms. The van der Waals surface area contributed by atoms with Crippen LogP contribution in [-0.4, -0.2) is 18.4 Å². The van der Waals surface area contributed by atoms with E-state index in [4.69, 9.17) is 0 Å². The van der Waals surface area contributed by atoms with E-state index in [2.05, 4.69) is 4.74 Å². The number of rotatable bonds is 2. The maximum atomic E-state index is 11.4. The number of esters is 1. The van der Waals surface area contributed by atoms with Gasteiger partial charge in [0.25, 0.3) is 0 Å². The molecule has 4 nitrogen and oxygen atoms in total. The predicted octanol–water partition coefficient (Wildman–Crippen LogP) is -3.22. The molecule has 0 aliphatic heterocycles. The van der Waals surface area contributed by atoms with Gasteiger partial charge in [0.15, 0.2) is 5.78 Å². The molecule has 0 bridgehead atoms. The smallest absolute Gasteiger partial charge is 0.867 e. The van der Waals surface area contributed by atoms with Crippen LogP contribution in [0.2, 0.25) is 0 Å². The molecule has 0 amide bonds. The van der Waals surface area contributed by atoms with Crippen LogP contribution in [0, 0.1) is 11.8 Å². The van der Waals surface area contributed by atoms with Crippen LogP contribution < -0.4 is 56.5 Å². The maximum Gasteiger partial charge on any atom is 1.00 e. The van der Waals surface area contributed by atoms with E-state index in [0.717, 1.165) is 6.42 Å². The molecule has 0 aromatic heterocycles. The van der Waals surface area contributed by atoms with Gasteiger partial charge in [0.2, 0.25) is 0 Å². The van der Waals surface area contributed by atoms with Crippen molar-refractivity contribution >= 4 is 11.8 Å². The fraction of sp³-hybridized carbons (Fsp3) is 0.600. The van der Waals surface area contributed by atoms with Crippen LogP contribution in [-0.2, 0) is 14.3 Å².